The Morgan fingerprint density at radius 1 is 1.26 bits per heavy atom. The lowest BCUT2D eigenvalue weighted by Gasteiger charge is -2.25. The third-order valence-electron chi connectivity index (χ3n) is 4.17. The van der Waals surface area contributed by atoms with Gasteiger partial charge in [0.1, 0.15) is 12.3 Å². The van der Waals surface area contributed by atoms with Gasteiger partial charge < -0.3 is 14.2 Å². The van der Waals surface area contributed by atoms with Gasteiger partial charge in [0.2, 0.25) is 11.7 Å². The Morgan fingerprint density at radius 3 is 2.67 bits per heavy atom. The summed E-state index contributed by atoms with van der Waals surface area (Å²) in [6, 6.07) is 11.6. The van der Waals surface area contributed by atoms with E-state index in [0.29, 0.717) is 30.4 Å². The number of aryl methyl sites for hydroxylation is 1. The van der Waals surface area contributed by atoms with Crippen molar-refractivity contribution in [2.24, 2.45) is 0 Å². The van der Waals surface area contributed by atoms with Crippen LogP contribution in [0.1, 0.15) is 31.7 Å². The van der Waals surface area contributed by atoms with Gasteiger partial charge in [-0.25, -0.2) is 0 Å². The number of nitrogens with zero attached hydrogens (tertiary/aromatic N) is 3. The number of amides is 1. The molecule has 6 nitrogen and oxygen atoms in total. The van der Waals surface area contributed by atoms with Crippen molar-refractivity contribution >= 4 is 17.2 Å². The lowest BCUT2D eigenvalue weighted by atomic mass is 10.2. The number of aromatic nitrogens is 2. The van der Waals surface area contributed by atoms with Gasteiger partial charge in [-0.1, -0.05) is 35.8 Å². The molecule has 0 saturated carbocycles. The molecule has 0 radical (unpaired) electrons. The predicted octanol–water partition coefficient (Wildman–Crippen LogP) is 4.31. The Kier molecular flexibility index (Phi) is 6.24. The molecule has 1 aromatic carbocycles. The summed E-state index contributed by atoms with van der Waals surface area (Å²) in [5.74, 6) is 1.57. The molecule has 0 fully saturated rings. The Morgan fingerprint density at radius 2 is 2.04 bits per heavy atom. The van der Waals surface area contributed by atoms with Crippen LogP contribution in [0, 0.1) is 6.92 Å². The number of carbonyl (C=O) groups is 1. The van der Waals surface area contributed by atoms with Crippen LogP contribution in [0.5, 0.6) is 5.75 Å². The van der Waals surface area contributed by atoms with Gasteiger partial charge in [0.15, 0.2) is 6.10 Å². The van der Waals surface area contributed by atoms with Crippen LogP contribution >= 0.6 is 11.3 Å². The summed E-state index contributed by atoms with van der Waals surface area (Å²) in [4.78, 5) is 19.9. The molecule has 0 bridgehead atoms. The van der Waals surface area contributed by atoms with E-state index in [1.54, 1.807) is 16.2 Å². The van der Waals surface area contributed by atoms with Crippen LogP contribution in [-0.2, 0) is 11.3 Å². The van der Waals surface area contributed by atoms with E-state index in [4.69, 9.17) is 9.26 Å². The minimum absolute atomic E-state index is 0.0866. The zero-order chi connectivity index (χ0) is 19.2. The number of ether oxygens (including phenoxy) is 1. The monoisotopic (exact) mass is 385 g/mol. The van der Waals surface area contributed by atoms with Crippen LogP contribution in [0.3, 0.4) is 0 Å². The summed E-state index contributed by atoms with van der Waals surface area (Å²) in [6.45, 7) is 6.67. The van der Waals surface area contributed by atoms with E-state index in [2.05, 4.69) is 10.1 Å². The summed E-state index contributed by atoms with van der Waals surface area (Å²) in [5.41, 5.74) is 1.15. The number of benzene rings is 1. The first-order valence-electron chi connectivity index (χ1n) is 8.99. The van der Waals surface area contributed by atoms with Gasteiger partial charge in [0.05, 0.1) is 4.88 Å². The van der Waals surface area contributed by atoms with E-state index in [-0.39, 0.29) is 12.5 Å². The molecular weight excluding hydrogens is 362 g/mol. The van der Waals surface area contributed by atoms with Gasteiger partial charge >= 0.3 is 0 Å². The average molecular weight is 385 g/mol. The fourth-order valence-electron chi connectivity index (χ4n) is 2.63. The number of thiophene rings is 1. The highest BCUT2D eigenvalue weighted by Gasteiger charge is 2.25. The van der Waals surface area contributed by atoms with Gasteiger partial charge in [-0.2, -0.15) is 4.98 Å². The second-order valence-corrected chi connectivity index (χ2v) is 7.12. The minimum Gasteiger partial charge on any atom is -0.481 e. The Balaban J connectivity index is 1.67. The molecule has 7 heteroatoms. The smallest absolute Gasteiger partial charge is 0.264 e. The number of hydrogen-bond donors (Lipinski definition) is 0. The van der Waals surface area contributed by atoms with Gasteiger partial charge in [0.25, 0.3) is 5.91 Å². The first-order chi connectivity index (χ1) is 13.1. The SMILES string of the molecule is CCC(Oc1ccc(C)cc1)C(=O)N(CC)Cc1nc(-c2cccs2)no1. The maximum absolute atomic E-state index is 12.9. The highest BCUT2D eigenvalue weighted by molar-refractivity contribution is 7.13. The molecule has 0 aliphatic heterocycles. The van der Waals surface area contributed by atoms with Crippen molar-refractivity contribution in [2.75, 3.05) is 6.54 Å². The minimum atomic E-state index is -0.549. The average Bonchev–Trinajstić information content (AvgIpc) is 3.36. The van der Waals surface area contributed by atoms with Gasteiger partial charge in [-0.15, -0.1) is 11.3 Å². The quantitative estimate of drug-likeness (QED) is 0.578. The summed E-state index contributed by atoms with van der Waals surface area (Å²) >= 11 is 1.55. The highest BCUT2D eigenvalue weighted by Crippen LogP contribution is 2.22. The van der Waals surface area contributed by atoms with Crippen molar-refractivity contribution < 1.29 is 14.1 Å². The van der Waals surface area contributed by atoms with Gasteiger partial charge in [-0.3, -0.25) is 4.79 Å². The Labute approximate surface area is 162 Å². The van der Waals surface area contributed by atoms with E-state index in [1.165, 1.54) is 0 Å². The molecule has 2 heterocycles. The van der Waals surface area contributed by atoms with E-state index >= 15 is 0 Å². The fourth-order valence-corrected chi connectivity index (χ4v) is 3.28. The van der Waals surface area contributed by atoms with Crippen LogP contribution in [0.4, 0.5) is 0 Å². The molecule has 1 atom stereocenters. The molecule has 2 aromatic heterocycles. The number of hydrogen-bond acceptors (Lipinski definition) is 6. The lowest BCUT2D eigenvalue weighted by molar-refractivity contribution is -0.139. The molecule has 142 valence electrons. The van der Waals surface area contributed by atoms with Crippen LogP contribution in [0.2, 0.25) is 0 Å². The van der Waals surface area contributed by atoms with E-state index in [1.807, 2.05) is 62.5 Å². The van der Waals surface area contributed by atoms with Crippen molar-refractivity contribution in [3.8, 4) is 16.5 Å². The van der Waals surface area contributed by atoms with E-state index in [0.717, 1.165) is 10.4 Å². The van der Waals surface area contributed by atoms with Crippen LogP contribution < -0.4 is 4.74 Å². The van der Waals surface area contributed by atoms with Crippen molar-refractivity contribution in [2.45, 2.75) is 39.8 Å². The van der Waals surface area contributed by atoms with E-state index < -0.39 is 6.10 Å². The van der Waals surface area contributed by atoms with Crippen LogP contribution in [0.25, 0.3) is 10.7 Å². The second kappa shape index (κ2) is 8.81. The van der Waals surface area contributed by atoms with Gasteiger partial charge in [0, 0.05) is 6.54 Å². The van der Waals surface area contributed by atoms with Crippen molar-refractivity contribution in [3.05, 3.63) is 53.2 Å². The number of rotatable bonds is 8. The molecule has 3 aromatic rings. The number of carbonyl (C=O) groups excluding carboxylic acids is 1. The first kappa shape index (κ1) is 19.1. The maximum Gasteiger partial charge on any atom is 0.264 e. The molecule has 0 N–H and O–H groups in total. The normalized spacial score (nSPS) is 12.0. The third-order valence-corrected chi connectivity index (χ3v) is 5.04. The zero-order valence-corrected chi connectivity index (χ0v) is 16.5. The van der Waals surface area contributed by atoms with Crippen LogP contribution in [0.15, 0.2) is 46.3 Å². The lowest BCUT2D eigenvalue weighted by Crippen LogP contribution is -2.41. The summed E-state index contributed by atoms with van der Waals surface area (Å²) < 4.78 is 11.2. The largest absolute Gasteiger partial charge is 0.481 e. The van der Waals surface area contributed by atoms with E-state index in [9.17, 15) is 4.79 Å². The Hall–Kier alpha value is -2.67. The summed E-state index contributed by atoms with van der Waals surface area (Å²) in [6.07, 6.45) is 0.0281. The molecule has 0 spiro atoms. The highest BCUT2D eigenvalue weighted by atomic mass is 32.1. The summed E-state index contributed by atoms with van der Waals surface area (Å²) in [5, 5.41) is 5.96. The fraction of sp³-hybridized carbons (Fsp3) is 0.350. The molecular formula is C20H23N3O3S. The molecule has 3 rings (SSSR count). The topological polar surface area (TPSA) is 68.5 Å². The van der Waals surface area contributed by atoms with Gasteiger partial charge in [-0.05, 0) is 43.8 Å². The Bertz CT molecular complexity index is 859. The second-order valence-electron chi connectivity index (χ2n) is 6.17. The maximum atomic E-state index is 12.9. The van der Waals surface area contributed by atoms with Crippen LogP contribution in [-0.4, -0.2) is 33.6 Å². The molecule has 0 aliphatic carbocycles. The van der Waals surface area contributed by atoms with Crippen molar-refractivity contribution in [1.82, 2.24) is 15.0 Å². The summed E-state index contributed by atoms with van der Waals surface area (Å²) in [7, 11) is 0. The molecule has 0 saturated heterocycles. The molecule has 0 aliphatic rings. The third kappa shape index (κ3) is 4.74. The number of likely N-dealkylation sites (N-methyl/N-ethyl adjacent to an activating group) is 1. The zero-order valence-electron chi connectivity index (χ0n) is 15.7. The van der Waals surface area contributed by atoms with Crippen molar-refractivity contribution in [1.29, 1.82) is 0 Å². The standard InChI is InChI=1S/C20H23N3O3S/c1-4-16(25-15-10-8-14(3)9-11-15)20(24)23(5-2)13-18-21-19(22-26-18)17-7-6-12-27-17/h6-12,16H,4-5,13H2,1-3H3. The predicted molar refractivity (Wildman–Crippen MR) is 105 cm³/mol. The molecule has 1 unspecified atom stereocenters. The molecule has 27 heavy (non-hydrogen) atoms. The molecule has 1 amide bonds. The van der Waals surface area contributed by atoms with Crippen molar-refractivity contribution in [3.63, 3.8) is 0 Å². The first-order valence-corrected chi connectivity index (χ1v) is 9.87.